The maximum atomic E-state index is 12.9. The van der Waals surface area contributed by atoms with Gasteiger partial charge in [0.2, 0.25) is 0 Å². The van der Waals surface area contributed by atoms with E-state index in [1.165, 1.54) is 6.07 Å². The number of hydrogen-bond acceptors (Lipinski definition) is 1. The Morgan fingerprint density at radius 1 is 1.36 bits per heavy atom. The minimum atomic E-state index is -2.94. The fraction of sp³-hybridized carbons (Fsp3) is 0.333. The average molecular weight is 268 g/mol. The van der Waals surface area contributed by atoms with E-state index in [-0.39, 0.29) is 0 Å². The van der Waals surface area contributed by atoms with Gasteiger partial charge in [0.05, 0.1) is 6.54 Å². The second kappa shape index (κ2) is 4.31. The summed E-state index contributed by atoms with van der Waals surface area (Å²) in [4.78, 5) is 0. The largest absolute Gasteiger partial charge is 0.325 e. The van der Waals surface area contributed by atoms with Crippen LogP contribution in [0.15, 0.2) is 22.7 Å². The molecule has 0 unspecified atom stereocenters. The van der Waals surface area contributed by atoms with Crippen molar-refractivity contribution in [2.45, 2.75) is 12.3 Å². The quantitative estimate of drug-likeness (QED) is 0.896. The van der Waals surface area contributed by atoms with Crippen molar-refractivity contribution >= 4 is 15.9 Å². The van der Waals surface area contributed by atoms with Crippen LogP contribution in [0.1, 0.15) is 5.56 Å². The molecule has 1 rings (SSSR count). The molecule has 0 bridgehead atoms. The molecule has 0 radical (unpaired) electrons. The molecule has 2 N–H and O–H groups in total. The summed E-state index contributed by atoms with van der Waals surface area (Å²) in [6.07, 6.45) is -0.482. The number of nitrogens with two attached hydrogens (primary N) is 1. The third-order valence-electron chi connectivity index (χ3n) is 1.76. The highest BCUT2D eigenvalue weighted by molar-refractivity contribution is 9.10. The van der Waals surface area contributed by atoms with E-state index in [0.29, 0.717) is 10.0 Å². The van der Waals surface area contributed by atoms with Crippen molar-refractivity contribution in [3.63, 3.8) is 0 Å². The summed E-state index contributed by atoms with van der Waals surface area (Å²) in [6, 6.07) is 3.62. The van der Waals surface area contributed by atoms with Crippen molar-refractivity contribution < 1.29 is 13.2 Å². The van der Waals surface area contributed by atoms with Gasteiger partial charge in [-0.25, -0.2) is 13.2 Å². The second-order valence-corrected chi connectivity index (χ2v) is 3.83. The Morgan fingerprint density at radius 3 is 2.50 bits per heavy atom. The van der Waals surface area contributed by atoms with Gasteiger partial charge in [0, 0.05) is 10.9 Å². The summed E-state index contributed by atoms with van der Waals surface area (Å²) in [5.74, 6) is -3.41. The molecular formula is C9H9BrF3N. The molecule has 0 atom stereocenters. The maximum absolute atomic E-state index is 12.9. The summed E-state index contributed by atoms with van der Waals surface area (Å²) >= 11 is 3.01. The van der Waals surface area contributed by atoms with Gasteiger partial charge in [0.25, 0.3) is 5.92 Å². The van der Waals surface area contributed by atoms with Crippen LogP contribution in [0.25, 0.3) is 0 Å². The van der Waals surface area contributed by atoms with E-state index in [1.54, 1.807) is 0 Å². The summed E-state index contributed by atoms with van der Waals surface area (Å²) in [6.45, 7) is -0.711. The predicted molar refractivity (Wildman–Crippen MR) is 51.8 cm³/mol. The van der Waals surface area contributed by atoms with Crippen LogP contribution in [-0.2, 0) is 6.42 Å². The summed E-state index contributed by atoms with van der Waals surface area (Å²) in [7, 11) is 0. The first-order valence-corrected chi connectivity index (χ1v) is 4.76. The Balaban J connectivity index is 2.87. The molecule has 0 spiro atoms. The molecule has 0 aliphatic rings. The molecule has 0 amide bonds. The van der Waals surface area contributed by atoms with Crippen LogP contribution in [0.4, 0.5) is 13.2 Å². The van der Waals surface area contributed by atoms with Gasteiger partial charge in [0.1, 0.15) is 5.82 Å². The lowest BCUT2D eigenvalue weighted by Gasteiger charge is -2.14. The lowest BCUT2D eigenvalue weighted by molar-refractivity contribution is 0.0113. The van der Waals surface area contributed by atoms with E-state index >= 15 is 0 Å². The third kappa shape index (κ3) is 2.99. The lowest BCUT2D eigenvalue weighted by Crippen LogP contribution is -2.30. The highest BCUT2D eigenvalue weighted by atomic mass is 79.9. The van der Waals surface area contributed by atoms with Crippen molar-refractivity contribution in [3.8, 4) is 0 Å². The van der Waals surface area contributed by atoms with Crippen molar-refractivity contribution in [2.24, 2.45) is 5.73 Å². The van der Waals surface area contributed by atoms with Gasteiger partial charge in [-0.05, 0) is 17.7 Å². The highest BCUT2D eigenvalue weighted by Crippen LogP contribution is 2.25. The monoisotopic (exact) mass is 267 g/mol. The van der Waals surface area contributed by atoms with Crippen molar-refractivity contribution in [1.82, 2.24) is 0 Å². The van der Waals surface area contributed by atoms with Crippen LogP contribution < -0.4 is 5.73 Å². The summed E-state index contributed by atoms with van der Waals surface area (Å²) in [5, 5.41) is 0. The maximum Gasteiger partial charge on any atom is 0.264 e. The number of halogens is 4. The molecule has 1 aromatic carbocycles. The SMILES string of the molecule is NCC(F)(F)Cc1ccc(F)cc1Br. The van der Waals surface area contributed by atoms with Gasteiger partial charge >= 0.3 is 0 Å². The molecule has 78 valence electrons. The Hall–Kier alpha value is -0.550. The molecule has 0 aliphatic carbocycles. The molecule has 1 aromatic rings. The summed E-state index contributed by atoms with van der Waals surface area (Å²) < 4.78 is 38.7. The molecule has 1 nitrogen and oxygen atoms in total. The highest BCUT2D eigenvalue weighted by Gasteiger charge is 2.27. The summed E-state index contributed by atoms with van der Waals surface area (Å²) in [5.41, 5.74) is 5.24. The Bertz CT molecular complexity index is 328. The van der Waals surface area contributed by atoms with Crippen molar-refractivity contribution in [1.29, 1.82) is 0 Å². The van der Waals surface area contributed by atoms with Crippen LogP contribution in [0.2, 0.25) is 0 Å². The zero-order valence-corrected chi connectivity index (χ0v) is 8.82. The first-order chi connectivity index (χ1) is 6.44. The molecular weight excluding hydrogens is 259 g/mol. The standard InChI is InChI=1S/C9H9BrF3N/c10-8-3-7(11)2-1-6(8)4-9(12,13)5-14/h1-3H,4-5,14H2. The molecule has 0 fully saturated rings. The van der Waals surface area contributed by atoms with Gasteiger partial charge in [-0.1, -0.05) is 22.0 Å². The van der Waals surface area contributed by atoms with Gasteiger partial charge in [-0.3, -0.25) is 0 Å². The second-order valence-electron chi connectivity index (χ2n) is 2.97. The van der Waals surface area contributed by atoms with E-state index in [1.807, 2.05) is 0 Å². The molecule has 0 saturated heterocycles. The van der Waals surface area contributed by atoms with Crippen molar-refractivity contribution in [3.05, 3.63) is 34.1 Å². The van der Waals surface area contributed by atoms with Crippen LogP contribution in [0, 0.1) is 5.82 Å². The fourth-order valence-corrected chi connectivity index (χ4v) is 1.51. The molecule has 0 saturated carbocycles. The molecule has 0 aliphatic heterocycles. The number of rotatable bonds is 3. The van der Waals surface area contributed by atoms with E-state index in [0.717, 1.165) is 12.1 Å². The molecule has 0 heterocycles. The normalized spacial score (nSPS) is 11.8. The lowest BCUT2D eigenvalue weighted by atomic mass is 10.1. The first-order valence-electron chi connectivity index (χ1n) is 3.96. The van der Waals surface area contributed by atoms with E-state index in [2.05, 4.69) is 15.9 Å². The topological polar surface area (TPSA) is 26.0 Å². The van der Waals surface area contributed by atoms with Gasteiger partial charge < -0.3 is 5.73 Å². The van der Waals surface area contributed by atoms with Gasteiger partial charge in [-0.2, -0.15) is 0 Å². The smallest absolute Gasteiger partial charge is 0.264 e. The molecule has 0 aromatic heterocycles. The van der Waals surface area contributed by atoms with Gasteiger partial charge in [-0.15, -0.1) is 0 Å². The Morgan fingerprint density at radius 2 is 2.00 bits per heavy atom. The molecule has 5 heteroatoms. The number of hydrogen-bond donors (Lipinski definition) is 1. The third-order valence-corrected chi connectivity index (χ3v) is 2.50. The zero-order valence-electron chi connectivity index (χ0n) is 7.24. The minimum absolute atomic E-state index is 0.339. The minimum Gasteiger partial charge on any atom is -0.325 e. The predicted octanol–water partition coefficient (Wildman–Crippen LogP) is 2.72. The van der Waals surface area contributed by atoms with Gasteiger partial charge in [0.15, 0.2) is 0 Å². The Labute approximate surface area is 88.2 Å². The van der Waals surface area contributed by atoms with Crippen molar-refractivity contribution in [2.75, 3.05) is 6.54 Å². The van der Waals surface area contributed by atoms with E-state index in [4.69, 9.17) is 5.73 Å². The zero-order chi connectivity index (χ0) is 10.8. The van der Waals surface area contributed by atoms with Crippen LogP contribution in [0.5, 0.6) is 0 Å². The fourth-order valence-electron chi connectivity index (χ4n) is 1.02. The van der Waals surface area contributed by atoms with Crippen LogP contribution in [0.3, 0.4) is 0 Å². The van der Waals surface area contributed by atoms with Crippen LogP contribution >= 0.6 is 15.9 Å². The number of alkyl halides is 2. The van der Waals surface area contributed by atoms with E-state index in [9.17, 15) is 13.2 Å². The van der Waals surface area contributed by atoms with Crippen LogP contribution in [-0.4, -0.2) is 12.5 Å². The van der Waals surface area contributed by atoms with E-state index < -0.39 is 24.7 Å². The molecule has 14 heavy (non-hydrogen) atoms. The number of benzene rings is 1. The first kappa shape index (κ1) is 11.5. The Kier molecular flexibility index (Phi) is 3.55. The average Bonchev–Trinajstić information content (AvgIpc) is 2.10.